The number of ether oxygens (including phenoxy) is 1. The second-order valence-corrected chi connectivity index (χ2v) is 6.76. The van der Waals surface area contributed by atoms with Crippen molar-refractivity contribution in [2.24, 2.45) is 0 Å². The number of carbonyl (C=O) groups excluding carboxylic acids is 1. The molecule has 0 aliphatic rings. The summed E-state index contributed by atoms with van der Waals surface area (Å²) in [4.78, 5) is 31.0. The number of rotatable bonds is 4. The van der Waals surface area contributed by atoms with Crippen LogP contribution in [0.5, 0.6) is 5.75 Å². The molecular formula is C19H11BrN4O4. The van der Waals surface area contributed by atoms with E-state index in [9.17, 15) is 14.9 Å². The quantitative estimate of drug-likeness (QED) is 0.204. The lowest BCUT2D eigenvalue weighted by Gasteiger charge is -2.05. The van der Waals surface area contributed by atoms with Crippen molar-refractivity contribution in [3.63, 3.8) is 0 Å². The summed E-state index contributed by atoms with van der Waals surface area (Å²) in [6.45, 7) is 0. The molecule has 0 saturated carbocycles. The topological polar surface area (TPSA) is 99.6 Å². The molecule has 138 valence electrons. The van der Waals surface area contributed by atoms with Crippen molar-refractivity contribution in [1.29, 1.82) is 0 Å². The van der Waals surface area contributed by atoms with E-state index in [1.54, 1.807) is 53.2 Å². The van der Waals surface area contributed by atoms with Gasteiger partial charge < -0.3 is 4.74 Å². The predicted octanol–water partition coefficient (Wildman–Crippen LogP) is 4.29. The van der Waals surface area contributed by atoms with Gasteiger partial charge >= 0.3 is 5.97 Å². The molecular weight excluding hydrogens is 428 g/mol. The average Bonchev–Trinajstić information content (AvgIpc) is 3.11. The van der Waals surface area contributed by atoms with Gasteiger partial charge in [-0.25, -0.2) is 9.78 Å². The zero-order chi connectivity index (χ0) is 19.7. The van der Waals surface area contributed by atoms with E-state index < -0.39 is 10.9 Å². The van der Waals surface area contributed by atoms with Crippen LogP contribution in [0, 0.1) is 10.1 Å². The molecule has 3 aromatic heterocycles. The molecule has 0 bridgehead atoms. The maximum atomic E-state index is 12.2. The first-order chi connectivity index (χ1) is 13.5. The van der Waals surface area contributed by atoms with Crippen LogP contribution in [0.4, 0.5) is 5.69 Å². The molecule has 28 heavy (non-hydrogen) atoms. The fraction of sp³-hybridized carbons (Fsp3) is 0. The Morgan fingerprint density at radius 1 is 1.11 bits per heavy atom. The van der Waals surface area contributed by atoms with Crippen molar-refractivity contribution in [3.05, 3.63) is 87.4 Å². The summed E-state index contributed by atoms with van der Waals surface area (Å²) >= 11 is 3.26. The SMILES string of the molecule is O=C(Oc1ccc(-c2cn3cc([N+](=O)[O-])ccc3n2)cc1)c1cncc(Br)c1. The van der Waals surface area contributed by atoms with Gasteiger partial charge in [0.25, 0.3) is 5.69 Å². The van der Waals surface area contributed by atoms with Crippen LogP contribution < -0.4 is 4.74 Å². The Kier molecular flexibility index (Phi) is 4.58. The van der Waals surface area contributed by atoms with E-state index in [0.29, 0.717) is 27.1 Å². The molecule has 0 aliphatic carbocycles. The Balaban J connectivity index is 1.55. The standard InChI is InChI=1S/C19H11BrN4O4/c20-14-7-13(8-21-9-14)19(25)28-16-4-1-12(2-5-16)17-11-23-10-15(24(26)27)3-6-18(23)22-17/h1-11H. The maximum absolute atomic E-state index is 12.2. The number of nitro groups is 1. The third kappa shape index (κ3) is 3.60. The van der Waals surface area contributed by atoms with Gasteiger partial charge in [-0.15, -0.1) is 0 Å². The number of carbonyl (C=O) groups is 1. The smallest absolute Gasteiger partial charge is 0.345 e. The van der Waals surface area contributed by atoms with Crippen LogP contribution in [0.25, 0.3) is 16.9 Å². The summed E-state index contributed by atoms with van der Waals surface area (Å²) in [5.74, 6) is -0.130. The van der Waals surface area contributed by atoms with E-state index in [0.717, 1.165) is 5.56 Å². The number of halogens is 1. The van der Waals surface area contributed by atoms with Gasteiger partial charge in [-0.05, 0) is 52.3 Å². The number of esters is 1. The predicted molar refractivity (Wildman–Crippen MR) is 104 cm³/mol. The fourth-order valence-corrected chi connectivity index (χ4v) is 2.98. The molecule has 0 aliphatic heterocycles. The summed E-state index contributed by atoms with van der Waals surface area (Å²) in [5, 5.41) is 10.9. The molecule has 0 saturated heterocycles. The first-order valence-electron chi connectivity index (χ1n) is 8.06. The Morgan fingerprint density at radius 2 is 1.89 bits per heavy atom. The summed E-state index contributed by atoms with van der Waals surface area (Å²) < 4.78 is 7.63. The molecule has 0 N–H and O–H groups in total. The molecule has 0 fully saturated rings. The third-order valence-corrected chi connectivity index (χ3v) is 4.38. The zero-order valence-electron chi connectivity index (χ0n) is 14.2. The number of hydrogen-bond acceptors (Lipinski definition) is 6. The van der Waals surface area contributed by atoms with Crippen LogP contribution in [0.1, 0.15) is 10.4 Å². The fourth-order valence-electron chi connectivity index (χ4n) is 2.61. The number of imidazole rings is 1. The minimum atomic E-state index is -0.512. The highest BCUT2D eigenvalue weighted by Gasteiger charge is 2.12. The molecule has 9 heteroatoms. The highest BCUT2D eigenvalue weighted by atomic mass is 79.9. The molecule has 0 atom stereocenters. The minimum Gasteiger partial charge on any atom is -0.423 e. The van der Waals surface area contributed by atoms with Crippen molar-refractivity contribution < 1.29 is 14.5 Å². The highest BCUT2D eigenvalue weighted by molar-refractivity contribution is 9.10. The monoisotopic (exact) mass is 438 g/mol. The van der Waals surface area contributed by atoms with Gasteiger partial charge in [-0.1, -0.05) is 0 Å². The number of fused-ring (bicyclic) bond motifs is 1. The normalized spacial score (nSPS) is 10.8. The number of pyridine rings is 2. The van der Waals surface area contributed by atoms with Crippen molar-refractivity contribution in [3.8, 4) is 17.0 Å². The van der Waals surface area contributed by atoms with E-state index in [2.05, 4.69) is 25.9 Å². The van der Waals surface area contributed by atoms with E-state index in [1.165, 1.54) is 18.5 Å². The molecule has 4 aromatic rings. The number of nitrogens with zero attached hydrogens (tertiary/aromatic N) is 4. The van der Waals surface area contributed by atoms with Crippen molar-refractivity contribution in [2.75, 3.05) is 0 Å². The Morgan fingerprint density at radius 3 is 2.61 bits per heavy atom. The number of hydrogen-bond donors (Lipinski definition) is 0. The molecule has 0 amide bonds. The molecule has 3 heterocycles. The van der Waals surface area contributed by atoms with E-state index >= 15 is 0 Å². The first kappa shape index (κ1) is 17.8. The lowest BCUT2D eigenvalue weighted by molar-refractivity contribution is -0.385. The first-order valence-corrected chi connectivity index (χ1v) is 8.85. The Hall–Kier alpha value is -3.59. The second kappa shape index (κ2) is 7.20. The van der Waals surface area contributed by atoms with Crippen LogP contribution in [0.15, 0.2) is 71.7 Å². The zero-order valence-corrected chi connectivity index (χ0v) is 15.7. The summed E-state index contributed by atoms with van der Waals surface area (Å²) in [7, 11) is 0. The molecule has 0 unspecified atom stereocenters. The molecule has 0 radical (unpaired) electrons. The van der Waals surface area contributed by atoms with E-state index in [1.807, 2.05) is 0 Å². The maximum Gasteiger partial charge on any atom is 0.345 e. The summed E-state index contributed by atoms with van der Waals surface area (Å²) in [6.07, 6.45) is 6.12. The van der Waals surface area contributed by atoms with Crippen molar-refractivity contribution >= 4 is 33.2 Å². The van der Waals surface area contributed by atoms with Crippen LogP contribution in [0.2, 0.25) is 0 Å². The van der Waals surface area contributed by atoms with E-state index in [-0.39, 0.29) is 5.69 Å². The van der Waals surface area contributed by atoms with Crippen LogP contribution in [-0.2, 0) is 0 Å². The van der Waals surface area contributed by atoms with Crippen LogP contribution in [0.3, 0.4) is 0 Å². The van der Waals surface area contributed by atoms with Gasteiger partial charge in [0.1, 0.15) is 11.4 Å². The molecule has 4 rings (SSSR count). The second-order valence-electron chi connectivity index (χ2n) is 5.84. The molecule has 0 spiro atoms. The minimum absolute atomic E-state index is 0.0132. The van der Waals surface area contributed by atoms with E-state index in [4.69, 9.17) is 4.74 Å². The van der Waals surface area contributed by atoms with Gasteiger partial charge in [-0.2, -0.15) is 0 Å². The van der Waals surface area contributed by atoms with Crippen molar-refractivity contribution in [2.45, 2.75) is 0 Å². The van der Waals surface area contributed by atoms with Gasteiger partial charge in [0.15, 0.2) is 0 Å². The summed E-state index contributed by atoms with van der Waals surface area (Å²) in [5.41, 5.74) is 2.35. The lowest BCUT2D eigenvalue weighted by atomic mass is 10.1. The molecule has 8 nitrogen and oxygen atoms in total. The molecule has 1 aromatic carbocycles. The van der Waals surface area contributed by atoms with Crippen molar-refractivity contribution in [1.82, 2.24) is 14.4 Å². The highest BCUT2D eigenvalue weighted by Crippen LogP contribution is 2.24. The Bertz CT molecular complexity index is 1200. The lowest BCUT2D eigenvalue weighted by Crippen LogP contribution is -2.08. The number of aromatic nitrogens is 3. The average molecular weight is 439 g/mol. The summed E-state index contributed by atoms with van der Waals surface area (Å²) in [6, 6.07) is 11.5. The van der Waals surface area contributed by atoms with Gasteiger partial charge in [-0.3, -0.25) is 19.5 Å². The van der Waals surface area contributed by atoms with Gasteiger partial charge in [0, 0.05) is 34.7 Å². The van der Waals surface area contributed by atoms with Crippen LogP contribution >= 0.6 is 15.9 Å². The largest absolute Gasteiger partial charge is 0.423 e. The van der Waals surface area contributed by atoms with Crippen LogP contribution in [-0.4, -0.2) is 25.3 Å². The van der Waals surface area contributed by atoms with Gasteiger partial charge in [0.2, 0.25) is 0 Å². The van der Waals surface area contributed by atoms with Gasteiger partial charge in [0.05, 0.1) is 22.4 Å². The number of benzene rings is 1. The third-order valence-electron chi connectivity index (χ3n) is 3.95. The Labute approximate surface area is 166 Å².